The number of hydrogen-bond donors (Lipinski definition) is 3. The standard InChI is InChI=1S/C13H20N4O2/c18-17(19)13-3-1-11(2-4-13)9-12-10-15-6-5-14-7-8-16-12/h1-4,12,14-16H,5-10H2. The molecule has 2 rings (SSSR count). The Labute approximate surface area is 112 Å². The molecule has 0 aliphatic carbocycles. The molecule has 0 amide bonds. The van der Waals surface area contributed by atoms with Crippen LogP contribution in [-0.4, -0.2) is 43.7 Å². The normalized spacial score (nSPS) is 21.2. The van der Waals surface area contributed by atoms with Gasteiger partial charge in [-0.25, -0.2) is 0 Å². The van der Waals surface area contributed by atoms with Gasteiger partial charge in [0.2, 0.25) is 0 Å². The second-order valence-electron chi connectivity index (χ2n) is 4.73. The first-order valence-electron chi connectivity index (χ1n) is 6.64. The highest BCUT2D eigenvalue weighted by Gasteiger charge is 2.11. The van der Waals surface area contributed by atoms with Gasteiger partial charge >= 0.3 is 0 Å². The molecule has 0 radical (unpaired) electrons. The van der Waals surface area contributed by atoms with Crippen molar-refractivity contribution >= 4 is 5.69 Å². The topological polar surface area (TPSA) is 79.2 Å². The minimum Gasteiger partial charge on any atom is -0.314 e. The summed E-state index contributed by atoms with van der Waals surface area (Å²) in [5.41, 5.74) is 1.27. The van der Waals surface area contributed by atoms with Crippen LogP contribution in [0.3, 0.4) is 0 Å². The van der Waals surface area contributed by atoms with Gasteiger partial charge in [-0.1, -0.05) is 12.1 Å². The average molecular weight is 264 g/mol. The van der Waals surface area contributed by atoms with Gasteiger partial charge < -0.3 is 16.0 Å². The van der Waals surface area contributed by atoms with Crippen LogP contribution in [0.5, 0.6) is 0 Å². The lowest BCUT2D eigenvalue weighted by Gasteiger charge is -2.18. The van der Waals surface area contributed by atoms with Crippen molar-refractivity contribution in [3.05, 3.63) is 39.9 Å². The summed E-state index contributed by atoms with van der Waals surface area (Å²) >= 11 is 0. The lowest BCUT2D eigenvalue weighted by atomic mass is 10.1. The van der Waals surface area contributed by atoms with Gasteiger partial charge in [-0.05, 0) is 12.0 Å². The van der Waals surface area contributed by atoms with E-state index < -0.39 is 0 Å². The van der Waals surface area contributed by atoms with Crippen LogP contribution in [0.25, 0.3) is 0 Å². The van der Waals surface area contributed by atoms with Crippen molar-refractivity contribution in [2.75, 3.05) is 32.7 Å². The van der Waals surface area contributed by atoms with Crippen LogP contribution in [0.1, 0.15) is 5.56 Å². The molecule has 19 heavy (non-hydrogen) atoms. The Hall–Kier alpha value is -1.50. The Morgan fingerprint density at radius 1 is 1.11 bits per heavy atom. The number of benzene rings is 1. The van der Waals surface area contributed by atoms with E-state index in [0.29, 0.717) is 6.04 Å². The molecule has 6 heteroatoms. The number of nitrogens with one attached hydrogen (secondary N) is 3. The van der Waals surface area contributed by atoms with Crippen molar-refractivity contribution in [2.45, 2.75) is 12.5 Å². The molecule has 0 aromatic heterocycles. The maximum Gasteiger partial charge on any atom is 0.269 e. The average Bonchev–Trinajstić information content (AvgIpc) is 2.53. The van der Waals surface area contributed by atoms with E-state index in [1.54, 1.807) is 12.1 Å². The first-order chi connectivity index (χ1) is 9.25. The van der Waals surface area contributed by atoms with Gasteiger partial charge in [0.1, 0.15) is 0 Å². The Morgan fingerprint density at radius 3 is 2.53 bits per heavy atom. The van der Waals surface area contributed by atoms with E-state index in [-0.39, 0.29) is 10.6 Å². The molecule has 104 valence electrons. The highest BCUT2D eigenvalue weighted by atomic mass is 16.6. The molecule has 0 saturated carbocycles. The maximum atomic E-state index is 10.6. The maximum absolute atomic E-state index is 10.6. The third-order valence-corrected chi connectivity index (χ3v) is 3.23. The zero-order valence-corrected chi connectivity index (χ0v) is 10.9. The molecule has 1 fully saturated rings. The van der Waals surface area contributed by atoms with Gasteiger partial charge in [-0.15, -0.1) is 0 Å². The molecule has 1 aliphatic heterocycles. The summed E-state index contributed by atoms with van der Waals surface area (Å²) in [7, 11) is 0. The SMILES string of the molecule is O=[N+]([O-])c1ccc(CC2CNCCNCCN2)cc1. The second kappa shape index (κ2) is 7.18. The molecule has 1 aromatic rings. The van der Waals surface area contributed by atoms with E-state index in [1.165, 1.54) is 0 Å². The first kappa shape index (κ1) is 13.9. The van der Waals surface area contributed by atoms with Crippen LogP contribution in [0.2, 0.25) is 0 Å². The van der Waals surface area contributed by atoms with Gasteiger partial charge in [0, 0.05) is 50.9 Å². The lowest BCUT2D eigenvalue weighted by molar-refractivity contribution is -0.384. The molecule has 1 atom stereocenters. The minimum atomic E-state index is -0.366. The van der Waals surface area contributed by atoms with Crippen molar-refractivity contribution in [1.82, 2.24) is 16.0 Å². The van der Waals surface area contributed by atoms with Crippen LogP contribution in [0.4, 0.5) is 5.69 Å². The van der Waals surface area contributed by atoms with Crippen molar-refractivity contribution in [1.29, 1.82) is 0 Å². The van der Waals surface area contributed by atoms with Gasteiger partial charge in [-0.2, -0.15) is 0 Å². The number of nitro groups is 1. The predicted octanol–water partition coefficient (Wildman–Crippen LogP) is 0.288. The Balaban J connectivity index is 1.92. The molecule has 0 bridgehead atoms. The minimum absolute atomic E-state index is 0.147. The molecule has 0 spiro atoms. The van der Waals surface area contributed by atoms with Crippen LogP contribution in [0.15, 0.2) is 24.3 Å². The molecule has 3 N–H and O–H groups in total. The fourth-order valence-electron chi connectivity index (χ4n) is 2.20. The lowest BCUT2D eigenvalue weighted by Crippen LogP contribution is -2.41. The Bertz CT molecular complexity index is 398. The highest BCUT2D eigenvalue weighted by Crippen LogP contribution is 2.13. The number of nitrogens with zero attached hydrogens (tertiary/aromatic N) is 1. The van der Waals surface area contributed by atoms with Gasteiger partial charge in [0.05, 0.1) is 4.92 Å². The Kier molecular flexibility index (Phi) is 5.26. The fraction of sp³-hybridized carbons (Fsp3) is 0.538. The monoisotopic (exact) mass is 264 g/mol. The second-order valence-corrected chi connectivity index (χ2v) is 4.73. The Morgan fingerprint density at radius 2 is 1.79 bits per heavy atom. The third kappa shape index (κ3) is 4.59. The molecular formula is C13H20N4O2. The molecule has 1 aromatic carbocycles. The van der Waals surface area contributed by atoms with Gasteiger partial charge in [0.25, 0.3) is 5.69 Å². The smallest absolute Gasteiger partial charge is 0.269 e. The van der Waals surface area contributed by atoms with Crippen molar-refractivity contribution in [2.24, 2.45) is 0 Å². The van der Waals surface area contributed by atoms with E-state index in [0.717, 1.165) is 44.7 Å². The number of hydrogen-bond acceptors (Lipinski definition) is 5. The summed E-state index contributed by atoms with van der Waals surface area (Å²) in [6, 6.07) is 7.18. The summed E-state index contributed by atoms with van der Waals surface area (Å²) in [5.74, 6) is 0. The predicted molar refractivity (Wildman–Crippen MR) is 74.3 cm³/mol. The quantitative estimate of drug-likeness (QED) is 0.540. The summed E-state index contributed by atoms with van der Waals surface area (Å²) in [6.45, 7) is 4.79. The van der Waals surface area contributed by atoms with Crippen molar-refractivity contribution in [3.8, 4) is 0 Å². The van der Waals surface area contributed by atoms with E-state index in [4.69, 9.17) is 0 Å². The summed E-state index contributed by atoms with van der Waals surface area (Å²) in [4.78, 5) is 10.2. The van der Waals surface area contributed by atoms with Gasteiger partial charge in [0.15, 0.2) is 0 Å². The zero-order valence-electron chi connectivity index (χ0n) is 10.9. The molecule has 1 aliphatic rings. The van der Waals surface area contributed by atoms with E-state index in [2.05, 4.69) is 16.0 Å². The zero-order chi connectivity index (χ0) is 13.5. The number of non-ortho nitro benzene ring substituents is 1. The van der Waals surface area contributed by atoms with E-state index in [9.17, 15) is 10.1 Å². The van der Waals surface area contributed by atoms with Crippen molar-refractivity contribution in [3.63, 3.8) is 0 Å². The van der Waals surface area contributed by atoms with Crippen LogP contribution < -0.4 is 16.0 Å². The van der Waals surface area contributed by atoms with Crippen molar-refractivity contribution < 1.29 is 4.92 Å². The molecular weight excluding hydrogens is 244 g/mol. The summed E-state index contributed by atoms with van der Waals surface area (Å²) in [6.07, 6.45) is 0.880. The number of rotatable bonds is 3. The van der Waals surface area contributed by atoms with Crippen LogP contribution in [0, 0.1) is 10.1 Å². The molecule has 1 unspecified atom stereocenters. The van der Waals surface area contributed by atoms with E-state index in [1.807, 2.05) is 12.1 Å². The number of nitro benzene ring substituents is 1. The summed E-state index contributed by atoms with van der Waals surface area (Å²) in [5, 5.41) is 20.8. The fourth-order valence-corrected chi connectivity index (χ4v) is 2.20. The molecule has 6 nitrogen and oxygen atoms in total. The highest BCUT2D eigenvalue weighted by molar-refractivity contribution is 5.33. The van der Waals surface area contributed by atoms with E-state index >= 15 is 0 Å². The third-order valence-electron chi connectivity index (χ3n) is 3.23. The first-order valence-corrected chi connectivity index (χ1v) is 6.64. The largest absolute Gasteiger partial charge is 0.314 e. The molecule has 1 saturated heterocycles. The van der Waals surface area contributed by atoms with Crippen LogP contribution in [-0.2, 0) is 6.42 Å². The summed E-state index contributed by atoms with van der Waals surface area (Å²) < 4.78 is 0. The van der Waals surface area contributed by atoms with Gasteiger partial charge in [-0.3, -0.25) is 10.1 Å². The van der Waals surface area contributed by atoms with Crippen LogP contribution >= 0.6 is 0 Å². The molecule has 1 heterocycles.